The quantitative estimate of drug-likeness (QED) is 0.499. The first-order valence-electron chi connectivity index (χ1n) is 8.71. The van der Waals surface area contributed by atoms with Crippen LogP contribution in [-0.2, 0) is 19.6 Å². The molecule has 0 aliphatic rings. The lowest BCUT2D eigenvalue weighted by atomic mass is 10.1. The third kappa shape index (κ3) is 7.04. The van der Waals surface area contributed by atoms with Crippen LogP contribution in [0, 0.1) is 6.92 Å². The van der Waals surface area contributed by atoms with Gasteiger partial charge < -0.3 is 10.1 Å². The number of ketones is 1. The molecule has 0 fully saturated rings. The van der Waals surface area contributed by atoms with E-state index in [1.165, 1.54) is 31.2 Å². The van der Waals surface area contributed by atoms with Gasteiger partial charge in [0, 0.05) is 16.8 Å². The van der Waals surface area contributed by atoms with Crippen molar-refractivity contribution < 1.29 is 27.5 Å². The summed E-state index contributed by atoms with van der Waals surface area (Å²) >= 11 is 0. The highest BCUT2D eigenvalue weighted by molar-refractivity contribution is 7.92. The van der Waals surface area contributed by atoms with Gasteiger partial charge in [0.25, 0.3) is 5.91 Å². The Morgan fingerprint density at radius 1 is 0.966 bits per heavy atom. The molecule has 2 aromatic rings. The maximum Gasteiger partial charge on any atom is 0.326 e. The summed E-state index contributed by atoms with van der Waals surface area (Å²) in [4.78, 5) is 36.3. The van der Waals surface area contributed by atoms with Crippen LogP contribution in [0.25, 0.3) is 0 Å². The van der Waals surface area contributed by atoms with Gasteiger partial charge in [0.15, 0.2) is 6.10 Å². The van der Waals surface area contributed by atoms with E-state index in [4.69, 9.17) is 4.74 Å². The lowest BCUT2D eigenvalue weighted by Gasteiger charge is -2.13. The molecule has 9 heteroatoms. The topological polar surface area (TPSA) is 119 Å². The highest BCUT2D eigenvalue weighted by Gasteiger charge is 2.20. The number of hydrogen-bond donors (Lipinski definition) is 2. The van der Waals surface area contributed by atoms with Crippen molar-refractivity contribution in [3.05, 3.63) is 65.2 Å². The number of nitrogens with one attached hydrogen (secondary N) is 2. The molecule has 1 unspecified atom stereocenters. The van der Waals surface area contributed by atoms with Crippen molar-refractivity contribution in [1.29, 1.82) is 0 Å². The molecular formula is C20H22N2O6S. The Bertz CT molecular complexity index is 998. The molecule has 0 aromatic heterocycles. The summed E-state index contributed by atoms with van der Waals surface area (Å²) in [5.41, 5.74) is 1.99. The summed E-state index contributed by atoms with van der Waals surface area (Å²) in [6.45, 7) is 2.94. The first-order valence-corrected chi connectivity index (χ1v) is 10.6. The van der Waals surface area contributed by atoms with Gasteiger partial charge in [-0.05, 0) is 50.2 Å². The zero-order valence-electron chi connectivity index (χ0n) is 16.3. The predicted molar refractivity (Wildman–Crippen MR) is 108 cm³/mol. The molecule has 0 aliphatic heterocycles. The smallest absolute Gasteiger partial charge is 0.326 e. The van der Waals surface area contributed by atoms with E-state index >= 15 is 0 Å². The molecule has 0 bridgehead atoms. The number of rotatable bonds is 8. The number of benzene rings is 2. The average molecular weight is 418 g/mol. The summed E-state index contributed by atoms with van der Waals surface area (Å²) in [6, 6.07) is 12.6. The van der Waals surface area contributed by atoms with Gasteiger partial charge >= 0.3 is 5.97 Å². The maximum atomic E-state index is 12.4. The predicted octanol–water partition coefficient (Wildman–Crippen LogP) is 1.91. The van der Waals surface area contributed by atoms with Crippen LogP contribution in [0.2, 0.25) is 0 Å². The van der Waals surface area contributed by atoms with Crippen molar-refractivity contribution >= 4 is 33.4 Å². The number of ether oxygens (including phenoxy) is 1. The fraction of sp³-hybridized carbons (Fsp3) is 0.250. The number of carbonyl (C=O) groups is 3. The zero-order chi connectivity index (χ0) is 21.6. The molecular weight excluding hydrogens is 396 g/mol. The summed E-state index contributed by atoms with van der Waals surface area (Å²) in [6.07, 6.45) is -0.0435. The Kier molecular flexibility index (Phi) is 7.11. The molecule has 1 amide bonds. The maximum absolute atomic E-state index is 12.4. The van der Waals surface area contributed by atoms with Gasteiger partial charge in [-0.2, -0.15) is 0 Å². The molecule has 8 nitrogen and oxygen atoms in total. The fourth-order valence-corrected chi connectivity index (χ4v) is 2.97. The van der Waals surface area contributed by atoms with Crippen LogP contribution in [0.5, 0.6) is 0 Å². The molecule has 2 aromatic carbocycles. The number of amides is 1. The molecule has 2 rings (SSSR count). The second-order valence-corrected chi connectivity index (χ2v) is 8.25. The van der Waals surface area contributed by atoms with Gasteiger partial charge in [0.2, 0.25) is 15.8 Å². The van der Waals surface area contributed by atoms with E-state index in [1.54, 1.807) is 24.3 Å². The molecule has 0 radical (unpaired) electrons. The molecule has 154 valence electrons. The number of Topliss-reactive ketones (excluding diaryl/α,β-unsaturated/α-hetero) is 1. The second-order valence-electron chi connectivity index (χ2n) is 6.50. The Morgan fingerprint density at radius 3 is 2.07 bits per heavy atom. The second kappa shape index (κ2) is 9.33. The van der Waals surface area contributed by atoms with E-state index in [0.29, 0.717) is 11.3 Å². The monoisotopic (exact) mass is 418 g/mol. The van der Waals surface area contributed by atoms with Crippen LogP contribution in [0.3, 0.4) is 0 Å². The molecule has 29 heavy (non-hydrogen) atoms. The Morgan fingerprint density at radius 2 is 1.52 bits per heavy atom. The number of anilines is 1. The van der Waals surface area contributed by atoms with Gasteiger partial charge in [0.1, 0.15) is 6.54 Å². The molecule has 0 saturated heterocycles. The van der Waals surface area contributed by atoms with E-state index < -0.39 is 33.8 Å². The summed E-state index contributed by atoms with van der Waals surface area (Å²) in [7, 11) is -3.42. The summed E-state index contributed by atoms with van der Waals surface area (Å²) in [5.74, 6) is -1.62. The Hall–Kier alpha value is -3.20. The zero-order valence-corrected chi connectivity index (χ0v) is 17.1. The summed E-state index contributed by atoms with van der Waals surface area (Å²) in [5, 5.41) is 2.44. The van der Waals surface area contributed by atoms with Crippen LogP contribution >= 0.6 is 0 Å². The van der Waals surface area contributed by atoms with E-state index in [0.717, 1.165) is 11.8 Å². The average Bonchev–Trinajstić information content (AvgIpc) is 2.65. The molecule has 0 heterocycles. The third-order valence-corrected chi connectivity index (χ3v) is 4.46. The largest absolute Gasteiger partial charge is 0.453 e. The lowest BCUT2D eigenvalue weighted by molar-refractivity contribution is -0.145. The Balaban J connectivity index is 1.87. The van der Waals surface area contributed by atoms with Crippen LogP contribution in [0.1, 0.15) is 33.2 Å². The van der Waals surface area contributed by atoms with Crippen molar-refractivity contribution in [3.8, 4) is 0 Å². The fourth-order valence-electron chi connectivity index (χ4n) is 2.40. The molecule has 2 N–H and O–H groups in total. The van der Waals surface area contributed by atoms with Crippen LogP contribution in [0.15, 0.2) is 48.5 Å². The first-order chi connectivity index (χ1) is 13.5. The molecule has 0 saturated carbocycles. The van der Waals surface area contributed by atoms with Gasteiger partial charge in [0.05, 0.1) is 6.26 Å². The minimum Gasteiger partial charge on any atom is -0.453 e. The van der Waals surface area contributed by atoms with E-state index in [1.807, 2.05) is 6.92 Å². The van der Waals surface area contributed by atoms with Crippen molar-refractivity contribution in [2.24, 2.45) is 0 Å². The van der Waals surface area contributed by atoms with Crippen molar-refractivity contribution in [2.45, 2.75) is 20.0 Å². The number of esters is 1. The van der Waals surface area contributed by atoms with Gasteiger partial charge in [-0.25, -0.2) is 8.42 Å². The van der Waals surface area contributed by atoms with Crippen molar-refractivity contribution in [1.82, 2.24) is 5.32 Å². The minimum absolute atomic E-state index is 0.257. The SMILES string of the molecule is Cc1ccc(C(=O)NCC(=O)OC(C)C(=O)c2ccc(NS(C)(=O)=O)cc2)cc1. The Labute approximate surface area is 169 Å². The van der Waals surface area contributed by atoms with Gasteiger partial charge in [-0.15, -0.1) is 0 Å². The lowest BCUT2D eigenvalue weighted by Crippen LogP contribution is -2.34. The highest BCUT2D eigenvalue weighted by atomic mass is 32.2. The highest BCUT2D eigenvalue weighted by Crippen LogP contribution is 2.13. The molecule has 1 atom stereocenters. The van der Waals surface area contributed by atoms with Crippen molar-refractivity contribution in [2.75, 3.05) is 17.5 Å². The number of aryl methyl sites for hydroxylation is 1. The third-order valence-electron chi connectivity index (χ3n) is 3.86. The van der Waals surface area contributed by atoms with Crippen LogP contribution in [0.4, 0.5) is 5.69 Å². The minimum atomic E-state index is -3.42. The summed E-state index contributed by atoms with van der Waals surface area (Å²) < 4.78 is 29.8. The normalized spacial score (nSPS) is 12.0. The van der Waals surface area contributed by atoms with E-state index in [-0.39, 0.29) is 12.1 Å². The molecule has 0 aliphatic carbocycles. The van der Waals surface area contributed by atoms with Crippen LogP contribution in [-0.4, -0.2) is 45.0 Å². The standard InChI is InChI=1S/C20H22N2O6S/c1-13-4-6-16(7-5-13)20(25)21-12-18(23)28-14(2)19(24)15-8-10-17(11-9-15)22-29(3,26)27/h4-11,14,22H,12H2,1-3H3,(H,21,25). The van der Waals surface area contributed by atoms with Gasteiger partial charge in [-0.3, -0.25) is 19.1 Å². The first kappa shape index (κ1) is 22.1. The van der Waals surface area contributed by atoms with Crippen molar-refractivity contribution in [3.63, 3.8) is 0 Å². The number of hydrogen-bond acceptors (Lipinski definition) is 6. The van der Waals surface area contributed by atoms with E-state index in [9.17, 15) is 22.8 Å². The van der Waals surface area contributed by atoms with E-state index in [2.05, 4.69) is 10.0 Å². The number of sulfonamides is 1. The molecule has 0 spiro atoms. The van der Waals surface area contributed by atoms with Crippen LogP contribution < -0.4 is 10.0 Å². The number of carbonyl (C=O) groups excluding carboxylic acids is 3. The van der Waals surface area contributed by atoms with Gasteiger partial charge in [-0.1, -0.05) is 17.7 Å².